The SMILES string of the molecule is O=C(O)c1ccc(OC[C@@H](O)CNCCNC(=O)N2CCOCC2)cc1. The van der Waals surface area contributed by atoms with Crippen molar-refractivity contribution in [3.8, 4) is 5.75 Å². The predicted octanol–water partition coefficient (Wildman–Crippen LogP) is -0.244. The lowest BCUT2D eigenvalue weighted by atomic mass is 10.2. The minimum absolute atomic E-state index is 0.0829. The van der Waals surface area contributed by atoms with Crippen LogP contribution in [0.15, 0.2) is 24.3 Å². The highest BCUT2D eigenvalue weighted by Crippen LogP contribution is 2.12. The molecule has 1 aliphatic heterocycles. The second-order valence-electron chi connectivity index (χ2n) is 5.83. The van der Waals surface area contributed by atoms with Gasteiger partial charge in [-0.05, 0) is 24.3 Å². The van der Waals surface area contributed by atoms with E-state index >= 15 is 0 Å². The van der Waals surface area contributed by atoms with Gasteiger partial charge in [-0.1, -0.05) is 0 Å². The maximum atomic E-state index is 11.8. The number of hydrogen-bond acceptors (Lipinski definition) is 6. The summed E-state index contributed by atoms with van der Waals surface area (Å²) in [6, 6.07) is 5.87. The number of rotatable bonds is 9. The molecular formula is C17H25N3O6. The quantitative estimate of drug-likeness (QED) is 0.445. The topological polar surface area (TPSA) is 120 Å². The number of aliphatic hydroxyl groups is 1. The number of amides is 2. The molecule has 1 aromatic rings. The van der Waals surface area contributed by atoms with Gasteiger partial charge in [0.05, 0.1) is 18.8 Å². The fourth-order valence-corrected chi connectivity index (χ4v) is 2.35. The van der Waals surface area contributed by atoms with Crippen LogP contribution in [0.4, 0.5) is 4.79 Å². The Morgan fingerprint density at radius 2 is 1.88 bits per heavy atom. The molecule has 2 rings (SSSR count). The van der Waals surface area contributed by atoms with Crippen molar-refractivity contribution in [2.45, 2.75) is 6.10 Å². The number of aromatic carboxylic acids is 1. The van der Waals surface area contributed by atoms with Gasteiger partial charge in [0.15, 0.2) is 0 Å². The molecule has 0 saturated carbocycles. The summed E-state index contributed by atoms with van der Waals surface area (Å²) in [5.41, 5.74) is 0.179. The minimum atomic E-state index is -0.999. The van der Waals surface area contributed by atoms with Crippen molar-refractivity contribution in [3.05, 3.63) is 29.8 Å². The number of ether oxygens (including phenoxy) is 2. The van der Waals surface area contributed by atoms with Crippen LogP contribution in [0, 0.1) is 0 Å². The van der Waals surface area contributed by atoms with Crippen LogP contribution in [0.5, 0.6) is 5.75 Å². The molecule has 1 heterocycles. The molecule has 9 nitrogen and oxygen atoms in total. The van der Waals surface area contributed by atoms with E-state index in [1.165, 1.54) is 12.1 Å². The maximum Gasteiger partial charge on any atom is 0.335 e. The lowest BCUT2D eigenvalue weighted by Crippen LogP contribution is -2.47. The van der Waals surface area contributed by atoms with Crippen LogP contribution in [0.25, 0.3) is 0 Å². The average Bonchev–Trinajstić information content (AvgIpc) is 2.67. The van der Waals surface area contributed by atoms with Crippen molar-refractivity contribution < 1.29 is 29.3 Å². The normalized spacial score (nSPS) is 15.3. The Hall–Kier alpha value is -2.36. The molecule has 9 heteroatoms. The first-order valence-corrected chi connectivity index (χ1v) is 8.51. The zero-order valence-corrected chi connectivity index (χ0v) is 14.5. The second kappa shape index (κ2) is 10.6. The number of morpholine rings is 1. The minimum Gasteiger partial charge on any atom is -0.491 e. The summed E-state index contributed by atoms with van der Waals surface area (Å²) in [6.07, 6.45) is -0.718. The molecule has 0 radical (unpaired) electrons. The van der Waals surface area contributed by atoms with Crippen LogP contribution in [0.3, 0.4) is 0 Å². The molecule has 1 aliphatic rings. The number of carbonyl (C=O) groups excluding carboxylic acids is 1. The van der Waals surface area contributed by atoms with Gasteiger partial charge in [0.25, 0.3) is 0 Å². The van der Waals surface area contributed by atoms with E-state index in [4.69, 9.17) is 14.6 Å². The summed E-state index contributed by atoms with van der Waals surface area (Å²) in [5, 5.41) is 24.5. The second-order valence-corrected chi connectivity index (χ2v) is 5.83. The number of carboxylic acid groups (broad SMARTS) is 1. The van der Waals surface area contributed by atoms with Gasteiger partial charge in [-0.3, -0.25) is 0 Å². The average molecular weight is 367 g/mol. The number of nitrogens with one attached hydrogen (secondary N) is 2. The highest BCUT2D eigenvalue weighted by Gasteiger charge is 2.15. The van der Waals surface area contributed by atoms with Gasteiger partial charge in [-0.2, -0.15) is 0 Å². The van der Waals surface area contributed by atoms with E-state index in [0.717, 1.165) is 0 Å². The van der Waals surface area contributed by atoms with Crippen LogP contribution in [-0.4, -0.2) is 85.8 Å². The van der Waals surface area contributed by atoms with E-state index in [1.807, 2.05) is 0 Å². The highest BCUT2D eigenvalue weighted by atomic mass is 16.5. The molecule has 26 heavy (non-hydrogen) atoms. The Morgan fingerprint density at radius 1 is 1.19 bits per heavy atom. The van der Waals surface area contributed by atoms with E-state index < -0.39 is 12.1 Å². The standard InChI is InChI=1S/C17H25N3O6/c21-14(12-26-15-3-1-13(2-4-15)16(22)23)11-18-5-6-19-17(24)20-7-9-25-10-8-20/h1-4,14,18,21H,5-12H2,(H,19,24)(H,22,23)/t14-/m0/s1. The third-order valence-corrected chi connectivity index (χ3v) is 3.80. The molecule has 144 valence electrons. The molecule has 0 bridgehead atoms. The predicted molar refractivity (Wildman–Crippen MR) is 93.6 cm³/mol. The molecule has 2 amide bonds. The molecule has 0 aromatic heterocycles. The molecular weight excluding hydrogens is 342 g/mol. The van der Waals surface area contributed by atoms with Gasteiger partial charge < -0.3 is 35.2 Å². The van der Waals surface area contributed by atoms with E-state index in [1.54, 1.807) is 17.0 Å². The maximum absolute atomic E-state index is 11.8. The Bertz CT molecular complexity index is 574. The zero-order chi connectivity index (χ0) is 18.8. The van der Waals surface area contributed by atoms with Gasteiger partial charge in [0.1, 0.15) is 18.5 Å². The first kappa shape index (κ1) is 20.0. The monoisotopic (exact) mass is 367 g/mol. The summed E-state index contributed by atoms with van der Waals surface area (Å²) < 4.78 is 10.6. The number of carbonyl (C=O) groups is 2. The zero-order valence-electron chi connectivity index (χ0n) is 14.5. The number of benzene rings is 1. The Morgan fingerprint density at radius 3 is 2.54 bits per heavy atom. The Kier molecular flexibility index (Phi) is 8.13. The largest absolute Gasteiger partial charge is 0.491 e. The van der Waals surface area contributed by atoms with Gasteiger partial charge in [-0.15, -0.1) is 0 Å². The lowest BCUT2D eigenvalue weighted by molar-refractivity contribution is 0.0532. The van der Waals surface area contributed by atoms with Crippen LogP contribution < -0.4 is 15.4 Å². The fraction of sp³-hybridized carbons (Fsp3) is 0.529. The molecule has 0 unspecified atom stereocenters. The summed E-state index contributed by atoms with van der Waals surface area (Å²) in [4.78, 5) is 24.3. The van der Waals surface area contributed by atoms with E-state index in [-0.39, 0.29) is 18.2 Å². The van der Waals surface area contributed by atoms with E-state index in [0.29, 0.717) is 51.7 Å². The van der Waals surface area contributed by atoms with Crippen LogP contribution in [0.1, 0.15) is 10.4 Å². The molecule has 1 fully saturated rings. The van der Waals surface area contributed by atoms with Crippen molar-refractivity contribution in [3.63, 3.8) is 0 Å². The molecule has 0 spiro atoms. The summed E-state index contributed by atoms with van der Waals surface area (Å²) in [5.74, 6) is -0.506. The molecule has 1 atom stereocenters. The lowest BCUT2D eigenvalue weighted by Gasteiger charge is -2.27. The number of hydrogen-bond donors (Lipinski definition) is 4. The third-order valence-electron chi connectivity index (χ3n) is 3.80. The third kappa shape index (κ3) is 6.87. The van der Waals surface area contributed by atoms with Crippen molar-refractivity contribution in [1.29, 1.82) is 0 Å². The van der Waals surface area contributed by atoms with Crippen molar-refractivity contribution in [1.82, 2.24) is 15.5 Å². The van der Waals surface area contributed by atoms with Crippen LogP contribution in [0.2, 0.25) is 0 Å². The highest BCUT2D eigenvalue weighted by molar-refractivity contribution is 5.87. The number of urea groups is 1. The van der Waals surface area contributed by atoms with Crippen molar-refractivity contribution >= 4 is 12.0 Å². The van der Waals surface area contributed by atoms with Crippen LogP contribution in [-0.2, 0) is 4.74 Å². The van der Waals surface area contributed by atoms with Crippen molar-refractivity contribution in [2.75, 3.05) is 52.5 Å². The van der Waals surface area contributed by atoms with Gasteiger partial charge >= 0.3 is 12.0 Å². The molecule has 4 N–H and O–H groups in total. The Balaban J connectivity index is 1.53. The summed E-state index contributed by atoms with van der Waals surface area (Å²) in [6.45, 7) is 3.72. The first-order valence-electron chi connectivity index (χ1n) is 8.51. The number of carboxylic acids is 1. The number of nitrogens with zero attached hydrogens (tertiary/aromatic N) is 1. The summed E-state index contributed by atoms with van der Waals surface area (Å²) in [7, 11) is 0. The van der Waals surface area contributed by atoms with Crippen molar-refractivity contribution in [2.24, 2.45) is 0 Å². The molecule has 1 saturated heterocycles. The number of aliphatic hydroxyl groups excluding tert-OH is 1. The van der Waals surface area contributed by atoms with E-state index in [9.17, 15) is 14.7 Å². The smallest absolute Gasteiger partial charge is 0.335 e. The fourth-order valence-electron chi connectivity index (χ4n) is 2.35. The molecule has 1 aromatic carbocycles. The van der Waals surface area contributed by atoms with Crippen LogP contribution >= 0.6 is 0 Å². The summed E-state index contributed by atoms with van der Waals surface area (Å²) >= 11 is 0. The van der Waals surface area contributed by atoms with Gasteiger partial charge in [0, 0.05) is 32.7 Å². The first-order chi connectivity index (χ1) is 12.6. The van der Waals surface area contributed by atoms with E-state index in [2.05, 4.69) is 10.6 Å². The van der Waals surface area contributed by atoms with Gasteiger partial charge in [0.2, 0.25) is 0 Å². The molecule has 0 aliphatic carbocycles. The van der Waals surface area contributed by atoms with Gasteiger partial charge in [-0.25, -0.2) is 9.59 Å². The Labute approximate surface area is 151 Å².